The number of methoxy groups -OCH3 is 1. The van der Waals surface area contributed by atoms with E-state index >= 15 is 0 Å². The Morgan fingerprint density at radius 1 is 1.50 bits per heavy atom. The van der Waals surface area contributed by atoms with Gasteiger partial charge in [-0.3, -0.25) is 0 Å². The molecule has 1 aromatic heterocycles. The number of nitrogens with one attached hydrogen (secondary N) is 1. The third-order valence-corrected chi connectivity index (χ3v) is 2.16. The van der Waals surface area contributed by atoms with Crippen LogP contribution in [0.2, 0.25) is 0 Å². The van der Waals surface area contributed by atoms with Gasteiger partial charge < -0.3 is 15.8 Å². The van der Waals surface area contributed by atoms with Crippen LogP contribution in [0.5, 0.6) is 5.88 Å². The highest BCUT2D eigenvalue weighted by Crippen LogP contribution is 2.11. The summed E-state index contributed by atoms with van der Waals surface area (Å²) in [4.78, 5) is 8.46. The molecule has 0 radical (unpaired) electrons. The van der Waals surface area contributed by atoms with Crippen molar-refractivity contribution in [2.24, 2.45) is 5.73 Å². The van der Waals surface area contributed by atoms with Crippen molar-refractivity contribution in [1.82, 2.24) is 9.97 Å². The zero-order valence-corrected chi connectivity index (χ0v) is 10.2. The standard InChI is InChI=1S/C11H20N4O/c1-8(12)5-4-6-13-11-14-9(2)7-10(15-11)16-3/h7-8H,4-6,12H2,1-3H3,(H,13,14,15). The van der Waals surface area contributed by atoms with Crippen LogP contribution in [-0.2, 0) is 0 Å². The van der Waals surface area contributed by atoms with Crippen molar-refractivity contribution in [3.05, 3.63) is 11.8 Å². The average molecular weight is 224 g/mol. The average Bonchev–Trinajstić information content (AvgIpc) is 2.23. The molecule has 90 valence electrons. The minimum absolute atomic E-state index is 0.245. The number of anilines is 1. The number of hydrogen-bond donors (Lipinski definition) is 2. The highest BCUT2D eigenvalue weighted by molar-refractivity contribution is 5.30. The molecule has 16 heavy (non-hydrogen) atoms. The molecule has 5 heteroatoms. The lowest BCUT2D eigenvalue weighted by Crippen LogP contribution is -2.16. The van der Waals surface area contributed by atoms with Gasteiger partial charge in [-0.05, 0) is 26.7 Å². The van der Waals surface area contributed by atoms with Gasteiger partial charge in [0.15, 0.2) is 0 Å². The lowest BCUT2D eigenvalue weighted by Gasteiger charge is -2.08. The summed E-state index contributed by atoms with van der Waals surface area (Å²) in [6.07, 6.45) is 2.01. The molecule has 1 atom stereocenters. The molecule has 0 aliphatic rings. The molecule has 0 aliphatic heterocycles. The van der Waals surface area contributed by atoms with Crippen LogP contribution >= 0.6 is 0 Å². The SMILES string of the molecule is COc1cc(C)nc(NCCCC(C)N)n1. The van der Waals surface area contributed by atoms with E-state index in [1.807, 2.05) is 13.8 Å². The van der Waals surface area contributed by atoms with Crippen LogP contribution in [0.15, 0.2) is 6.07 Å². The maximum absolute atomic E-state index is 5.66. The van der Waals surface area contributed by atoms with Crippen molar-refractivity contribution in [1.29, 1.82) is 0 Å². The molecule has 3 N–H and O–H groups in total. The van der Waals surface area contributed by atoms with E-state index < -0.39 is 0 Å². The van der Waals surface area contributed by atoms with E-state index in [0.29, 0.717) is 11.8 Å². The van der Waals surface area contributed by atoms with Gasteiger partial charge in [-0.1, -0.05) is 0 Å². The van der Waals surface area contributed by atoms with Crippen molar-refractivity contribution in [3.63, 3.8) is 0 Å². The van der Waals surface area contributed by atoms with Gasteiger partial charge in [0.05, 0.1) is 7.11 Å². The highest BCUT2D eigenvalue weighted by Gasteiger charge is 2.01. The van der Waals surface area contributed by atoms with Gasteiger partial charge in [-0.25, -0.2) is 4.98 Å². The van der Waals surface area contributed by atoms with Gasteiger partial charge >= 0.3 is 0 Å². The lowest BCUT2D eigenvalue weighted by molar-refractivity contribution is 0.397. The first kappa shape index (κ1) is 12.7. The first-order valence-electron chi connectivity index (χ1n) is 5.51. The number of hydrogen-bond acceptors (Lipinski definition) is 5. The summed E-state index contributed by atoms with van der Waals surface area (Å²) < 4.78 is 5.07. The number of aryl methyl sites for hydroxylation is 1. The summed E-state index contributed by atoms with van der Waals surface area (Å²) in [6.45, 7) is 4.75. The predicted octanol–water partition coefficient (Wildman–Crippen LogP) is 1.33. The normalized spacial score (nSPS) is 12.2. The Morgan fingerprint density at radius 3 is 2.88 bits per heavy atom. The van der Waals surface area contributed by atoms with Crippen LogP contribution in [0, 0.1) is 6.92 Å². The number of nitrogens with two attached hydrogens (primary N) is 1. The van der Waals surface area contributed by atoms with Crippen LogP contribution in [0.3, 0.4) is 0 Å². The minimum atomic E-state index is 0.245. The molecule has 0 amide bonds. The summed E-state index contributed by atoms with van der Waals surface area (Å²) in [6, 6.07) is 2.04. The van der Waals surface area contributed by atoms with Crippen LogP contribution in [-0.4, -0.2) is 29.7 Å². The molecule has 1 unspecified atom stereocenters. The van der Waals surface area contributed by atoms with Crippen molar-refractivity contribution >= 4 is 5.95 Å². The topological polar surface area (TPSA) is 73.1 Å². The largest absolute Gasteiger partial charge is 0.481 e. The predicted molar refractivity (Wildman–Crippen MR) is 64.7 cm³/mol. The summed E-state index contributed by atoms with van der Waals surface area (Å²) in [5.41, 5.74) is 6.55. The van der Waals surface area contributed by atoms with Gasteiger partial charge in [-0.2, -0.15) is 4.98 Å². The Morgan fingerprint density at radius 2 is 2.25 bits per heavy atom. The second-order valence-electron chi connectivity index (χ2n) is 3.92. The molecule has 5 nitrogen and oxygen atoms in total. The molecule has 0 fully saturated rings. The molecule has 0 aromatic carbocycles. The van der Waals surface area contributed by atoms with E-state index in [9.17, 15) is 0 Å². The van der Waals surface area contributed by atoms with Crippen molar-refractivity contribution in [2.45, 2.75) is 32.7 Å². The summed E-state index contributed by atoms with van der Waals surface area (Å²) in [7, 11) is 1.60. The number of ether oxygens (including phenoxy) is 1. The van der Waals surface area contributed by atoms with Crippen molar-refractivity contribution in [3.8, 4) is 5.88 Å². The molecular formula is C11H20N4O. The fourth-order valence-corrected chi connectivity index (χ4v) is 1.35. The van der Waals surface area contributed by atoms with Gasteiger partial charge in [-0.15, -0.1) is 0 Å². The Bertz CT molecular complexity index is 328. The molecule has 0 saturated carbocycles. The molecule has 0 bridgehead atoms. The van der Waals surface area contributed by atoms with Crippen molar-refractivity contribution < 1.29 is 4.74 Å². The molecule has 0 aliphatic carbocycles. The fraction of sp³-hybridized carbons (Fsp3) is 0.636. The van der Waals surface area contributed by atoms with E-state index in [1.165, 1.54) is 0 Å². The van der Waals surface area contributed by atoms with Crippen LogP contribution < -0.4 is 15.8 Å². The minimum Gasteiger partial charge on any atom is -0.481 e. The maximum Gasteiger partial charge on any atom is 0.226 e. The Hall–Kier alpha value is -1.36. The molecular weight excluding hydrogens is 204 g/mol. The zero-order valence-electron chi connectivity index (χ0n) is 10.2. The Labute approximate surface area is 96.4 Å². The molecule has 1 rings (SSSR count). The Balaban J connectivity index is 2.44. The van der Waals surface area contributed by atoms with E-state index in [4.69, 9.17) is 10.5 Å². The second kappa shape index (κ2) is 6.27. The third kappa shape index (κ3) is 4.44. The quantitative estimate of drug-likeness (QED) is 0.713. The monoisotopic (exact) mass is 224 g/mol. The number of aromatic nitrogens is 2. The zero-order chi connectivity index (χ0) is 12.0. The smallest absolute Gasteiger partial charge is 0.226 e. The van der Waals surface area contributed by atoms with Gasteiger partial charge in [0, 0.05) is 24.3 Å². The van der Waals surface area contributed by atoms with E-state index in [2.05, 4.69) is 15.3 Å². The van der Waals surface area contributed by atoms with Crippen molar-refractivity contribution in [2.75, 3.05) is 19.0 Å². The number of nitrogens with zero attached hydrogens (tertiary/aromatic N) is 2. The second-order valence-corrected chi connectivity index (χ2v) is 3.92. The van der Waals surface area contributed by atoms with Crippen LogP contribution in [0.1, 0.15) is 25.5 Å². The highest BCUT2D eigenvalue weighted by atomic mass is 16.5. The van der Waals surface area contributed by atoms with Crippen LogP contribution in [0.25, 0.3) is 0 Å². The Kier molecular flexibility index (Phi) is 4.98. The van der Waals surface area contributed by atoms with E-state index in [-0.39, 0.29) is 6.04 Å². The van der Waals surface area contributed by atoms with E-state index in [1.54, 1.807) is 13.2 Å². The third-order valence-electron chi connectivity index (χ3n) is 2.16. The number of rotatable bonds is 6. The molecule has 0 saturated heterocycles. The van der Waals surface area contributed by atoms with Gasteiger partial charge in [0.25, 0.3) is 0 Å². The van der Waals surface area contributed by atoms with Gasteiger partial charge in [0.2, 0.25) is 11.8 Å². The molecule has 1 aromatic rings. The molecule has 0 spiro atoms. The first-order chi connectivity index (χ1) is 7.61. The lowest BCUT2D eigenvalue weighted by atomic mass is 10.2. The summed E-state index contributed by atoms with van der Waals surface area (Å²) in [5.74, 6) is 1.20. The van der Waals surface area contributed by atoms with E-state index in [0.717, 1.165) is 25.1 Å². The summed E-state index contributed by atoms with van der Waals surface area (Å²) >= 11 is 0. The molecule has 1 heterocycles. The summed E-state index contributed by atoms with van der Waals surface area (Å²) in [5, 5.41) is 3.16. The first-order valence-corrected chi connectivity index (χ1v) is 5.51. The van der Waals surface area contributed by atoms with Gasteiger partial charge in [0.1, 0.15) is 0 Å². The maximum atomic E-state index is 5.66. The van der Waals surface area contributed by atoms with Crippen LogP contribution in [0.4, 0.5) is 5.95 Å². The fourth-order valence-electron chi connectivity index (χ4n) is 1.35.